The highest BCUT2D eigenvalue weighted by Gasteiger charge is 2.11. The zero-order valence-electron chi connectivity index (χ0n) is 11.5. The summed E-state index contributed by atoms with van der Waals surface area (Å²) in [7, 11) is 0. The summed E-state index contributed by atoms with van der Waals surface area (Å²) < 4.78 is 0. The fourth-order valence-electron chi connectivity index (χ4n) is 1.76. The maximum atomic E-state index is 6.01. The minimum Gasteiger partial charge on any atom is -0.308 e. The summed E-state index contributed by atoms with van der Waals surface area (Å²) in [6, 6.07) is 7.71. The lowest BCUT2D eigenvalue weighted by Gasteiger charge is -2.11. The number of aromatic nitrogens is 2. The van der Waals surface area contributed by atoms with E-state index >= 15 is 0 Å². The second-order valence-electron chi connectivity index (χ2n) is 4.37. The summed E-state index contributed by atoms with van der Waals surface area (Å²) in [5.74, 6) is 7.01. The summed E-state index contributed by atoms with van der Waals surface area (Å²) in [6.07, 6.45) is 1.83. The van der Waals surface area contributed by atoms with Crippen LogP contribution in [0.3, 0.4) is 0 Å². The molecule has 2 rings (SSSR count). The van der Waals surface area contributed by atoms with E-state index in [1.165, 1.54) is 0 Å². The highest BCUT2D eigenvalue weighted by atomic mass is 35.5. The van der Waals surface area contributed by atoms with E-state index in [0.29, 0.717) is 10.8 Å². The number of nitrogens with one attached hydrogen (secondary N) is 1. The first kappa shape index (κ1) is 15.1. The van der Waals surface area contributed by atoms with Crippen molar-refractivity contribution >= 4 is 29.2 Å². The van der Waals surface area contributed by atoms with Crippen molar-refractivity contribution in [2.45, 2.75) is 36.6 Å². The largest absolute Gasteiger partial charge is 0.308 e. The Labute approximate surface area is 128 Å². The van der Waals surface area contributed by atoms with E-state index in [4.69, 9.17) is 17.4 Å². The van der Waals surface area contributed by atoms with Gasteiger partial charge in [-0.05, 0) is 31.5 Å². The van der Waals surface area contributed by atoms with Gasteiger partial charge in [0.1, 0.15) is 16.7 Å². The Balaban J connectivity index is 2.36. The Morgan fingerprint density at radius 3 is 2.80 bits per heavy atom. The molecule has 0 atom stereocenters. The van der Waals surface area contributed by atoms with Gasteiger partial charge in [-0.2, -0.15) is 0 Å². The van der Waals surface area contributed by atoms with Gasteiger partial charge in [0.2, 0.25) is 0 Å². The Kier molecular flexibility index (Phi) is 5.23. The first-order valence-electron chi connectivity index (χ1n) is 6.41. The molecule has 0 saturated carbocycles. The lowest BCUT2D eigenvalue weighted by atomic mass is 10.3. The van der Waals surface area contributed by atoms with E-state index in [9.17, 15) is 0 Å². The number of nitrogens with zero attached hydrogens (tertiary/aromatic N) is 2. The van der Waals surface area contributed by atoms with Crippen LogP contribution in [-0.4, -0.2) is 9.97 Å². The van der Waals surface area contributed by atoms with Crippen LogP contribution in [0.4, 0.5) is 5.82 Å². The molecule has 0 aliphatic heterocycles. The van der Waals surface area contributed by atoms with Crippen molar-refractivity contribution < 1.29 is 0 Å². The van der Waals surface area contributed by atoms with Crippen LogP contribution in [0.2, 0.25) is 5.02 Å². The van der Waals surface area contributed by atoms with Crippen molar-refractivity contribution in [2.24, 2.45) is 5.84 Å². The van der Waals surface area contributed by atoms with Gasteiger partial charge >= 0.3 is 0 Å². The van der Waals surface area contributed by atoms with E-state index in [1.807, 2.05) is 31.2 Å². The molecular weight excluding hydrogens is 292 g/mol. The van der Waals surface area contributed by atoms with Crippen LogP contribution in [-0.2, 0) is 6.42 Å². The van der Waals surface area contributed by atoms with Crippen molar-refractivity contribution in [2.75, 3.05) is 5.43 Å². The van der Waals surface area contributed by atoms with Gasteiger partial charge < -0.3 is 5.43 Å². The van der Waals surface area contributed by atoms with Crippen LogP contribution in [0.1, 0.15) is 24.7 Å². The van der Waals surface area contributed by atoms with Crippen molar-refractivity contribution in [3.8, 4) is 0 Å². The van der Waals surface area contributed by atoms with Gasteiger partial charge in [-0.1, -0.05) is 36.4 Å². The molecule has 0 aliphatic rings. The van der Waals surface area contributed by atoms with Crippen LogP contribution < -0.4 is 11.3 Å². The Hall–Kier alpha value is -1.30. The maximum Gasteiger partial charge on any atom is 0.147 e. The summed E-state index contributed by atoms with van der Waals surface area (Å²) in [5.41, 5.74) is 3.58. The number of hydrazine groups is 1. The first-order valence-corrected chi connectivity index (χ1v) is 7.61. The van der Waals surface area contributed by atoms with Crippen LogP contribution in [0, 0.1) is 6.92 Å². The number of halogens is 1. The molecule has 3 N–H and O–H groups in total. The summed E-state index contributed by atoms with van der Waals surface area (Å²) in [5, 5.41) is 1.62. The zero-order chi connectivity index (χ0) is 14.5. The van der Waals surface area contributed by atoms with Crippen LogP contribution >= 0.6 is 23.4 Å². The molecule has 4 nitrogen and oxygen atoms in total. The van der Waals surface area contributed by atoms with Gasteiger partial charge in [0.25, 0.3) is 0 Å². The molecule has 1 aromatic heterocycles. The van der Waals surface area contributed by atoms with Crippen LogP contribution in [0.5, 0.6) is 0 Å². The SMILES string of the molecule is CCCc1nc(NN)c(C)c(Sc2cccc(Cl)c2)n1. The number of nitrogen functional groups attached to an aromatic ring is 1. The fourth-order valence-corrected chi connectivity index (χ4v) is 2.97. The highest BCUT2D eigenvalue weighted by Crippen LogP contribution is 2.32. The van der Waals surface area contributed by atoms with Gasteiger partial charge in [-0.3, -0.25) is 0 Å². The predicted molar refractivity (Wildman–Crippen MR) is 84.1 cm³/mol. The van der Waals surface area contributed by atoms with Gasteiger partial charge in [0.15, 0.2) is 0 Å². The molecule has 0 radical (unpaired) electrons. The first-order chi connectivity index (χ1) is 9.63. The second-order valence-corrected chi connectivity index (χ2v) is 5.87. The smallest absolute Gasteiger partial charge is 0.147 e. The molecule has 1 heterocycles. The molecule has 20 heavy (non-hydrogen) atoms. The maximum absolute atomic E-state index is 6.01. The minimum absolute atomic E-state index is 0.674. The molecule has 0 amide bonds. The highest BCUT2D eigenvalue weighted by molar-refractivity contribution is 7.99. The van der Waals surface area contributed by atoms with Gasteiger partial charge in [-0.15, -0.1) is 0 Å². The molecule has 0 fully saturated rings. The predicted octanol–water partition coefficient (Wildman–Crippen LogP) is 3.83. The quantitative estimate of drug-likeness (QED) is 0.499. The molecule has 0 unspecified atom stereocenters. The lowest BCUT2D eigenvalue weighted by Crippen LogP contribution is -2.13. The van der Waals surface area contributed by atoms with Crippen LogP contribution in [0.15, 0.2) is 34.2 Å². The average molecular weight is 309 g/mol. The summed E-state index contributed by atoms with van der Waals surface area (Å²) in [6.45, 7) is 4.06. The van der Waals surface area contributed by atoms with E-state index < -0.39 is 0 Å². The Morgan fingerprint density at radius 1 is 1.35 bits per heavy atom. The summed E-state index contributed by atoms with van der Waals surface area (Å²) in [4.78, 5) is 10.1. The third-order valence-electron chi connectivity index (χ3n) is 2.77. The third kappa shape index (κ3) is 3.62. The van der Waals surface area contributed by atoms with Gasteiger partial charge in [-0.25, -0.2) is 15.8 Å². The van der Waals surface area contributed by atoms with Crippen molar-refractivity contribution in [3.63, 3.8) is 0 Å². The van der Waals surface area contributed by atoms with Gasteiger partial charge in [0.05, 0.1) is 0 Å². The number of nitrogens with two attached hydrogens (primary N) is 1. The molecule has 0 bridgehead atoms. The van der Waals surface area contributed by atoms with Crippen molar-refractivity contribution in [3.05, 3.63) is 40.7 Å². The standard InChI is InChI=1S/C14H17ClN4S/c1-3-5-12-17-13(19-16)9(2)14(18-12)20-11-7-4-6-10(15)8-11/h4,6-8H,3,5,16H2,1-2H3,(H,17,18,19). The van der Waals surface area contributed by atoms with Crippen molar-refractivity contribution in [1.82, 2.24) is 9.97 Å². The van der Waals surface area contributed by atoms with E-state index in [2.05, 4.69) is 22.3 Å². The third-order valence-corrected chi connectivity index (χ3v) is 4.08. The number of hydrogen-bond donors (Lipinski definition) is 2. The lowest BCUT2D eigenvalue weighted by molar-refractivity contribution is 0.802. The van der Waals surface area contributed by atoms with Crippen molar-refractivity contribution in [1.29, 1.82) is 0 Å². The topological polar surface area (TPSA) is 63.8 Å². The molecule has 1 aromatic carbocycles. The monoisotopic (exact) mass is 308 g/mol. The average Bonchev–Trinajstić information content (AvgIpc) is 2.42. The molecule has 0 saturated heterocycles. The summed E-state index contributed by atoms with van der Waals surface area (Å²) >= 11 is 7.58. The number of aryl methyl sites for hydroxylation is 1. The van der Waals surface area contributed by atoms with Crippen LogP contribution in [0.25, 0.3) is 0 Å². The second kappa shape index (κ2) is 6.92. The Morgan fingerprint density at radius 2 is 2.15 bits per heavy atom. The number of rotatable bonds is 5. The number of benzene rings is 1. The number of anilines is 1. The molecule has 106 valence electrons. The van der Waals surface area contributed by atoms with E-state index in [-0.39, 0.29) is 0 Å². The molecule has 6 heteroatoms. The fraction of sp³-hybridized carbons (Fsp3) is 0.286. The van der Waals surface area contributed by atoms with E-state index in [0.717, 1.165) is 34.2 Å². The number of hydrogen-bond acceptors (Lipinski definition) is 5. The molecule has 0 aliphatic carbocycles. The molecule has 0 spiro atoms. The molecule has 2 aromatic rings. The normalized spacial score (nSPS) is 10.6. The van der Waals surface area contributed by atoms with Gasteiger partial charge in [0, 0.05) is 21.9 Å². The zero-order valence-corrected chi connectivity index (χ0v) is 13.1. The minimum atomic E-state index is 0.674. The molecular formula is C14H17ClN4S. The van der Waals surface area contributed by atoms with E-state index in [1.54, 1.807) is 11.8 Å². The Bertz CT molecular complexity index is 604.